The van der Waals surface area contributed by atoms with Crippen LogP contribution in [-0.2, 0) is 16.1 Å². The Labute approximate surface area is 139 Å². The number of carbonyl (C=O) groups excluding carboxylic acids is 1. The van der Waals surface area contributed by atoms with Gasteiger partial charge in [-0.25, -0.2) is 4.79 Å². The number of hydrogen-bond acceptors (Lipinski definition) is 4. The van der Waals surface area contributed by atoms with E-state index in [4.69, 9.17) is 15.2 Å². The van der Waals surface area contributed by atoms with Crippen LogP contribution in [0.3, 0.4) is 0 Å². The predicted octanol–water partition coefficient (Wildman–Crippen LogP) is 2.91. The smallest absolute Gasteiger partial charge is 0.410 e. The Morgan fingerprint density at radius 1 is 1.32 bits per heavy atom. The fraction of sp³-hybridized carbons (Fsp3) is 0.562. The minimum absolute atomic E-state index is 0.170. The number of carbonyl (C=O) groups is 1. The molecule has 0 bridgehead atoms. The highest BCUT2D eigenvalue weighted by Crippen LogP contribution is 2.18. The fourth-order valence-corrected chi connectivity index (χ4v) is 2.50. The molecule has 0 unspecified atom stereocenters. The van der Waals surface area contributed by atoms with Gasteiger partial charge in [0, 0.05) is 11.0 Å². The number of amides is 1. The summed E-state index contributed by atoms with van der Waals surface area (Å²) in [5.74, 6) is 0. The number of benzene rings is 1. The van der Waals surface area contributed by atoms with Crippen molar-refractivity contribution in [3.8, 4) is 0 Å². The molecule has 0 aliphatic carbocycles. The van der Waals surface area contributed by atoms with E-state index in [9.17, 15) is 4.79 Å². The van der Waals surface area contributed by atoms with E-state index < -0.39 is 5.60 Å². The quantitative estimate of drug-likeness (QED) is 0.888. The van der Waals surface area contributed by atoms with Gasteiger partial charge in [0.2, 0.25) is 0 Å². The summed E-state index contributed by atoms with van der Waals surface area (Å²) >= 11 is 3.40. The van der Waals surface area contributed by atoms with E-state index >= 15 is 0 Å². The molecular weight excluding hydrogens is 348 g/mol. The SMILES string of the molecule is CC(C)(C)OC(=O)N1C[C@H](OCc2ccc(Br)cc2)[C@@H](N)C1. The summed E-state index contributed by atoms with van der Waals surface area (Å²) in [5, 5.41) is 0. The van der Waals surface area contributed by atoms with Crippen molar-refractivity contribution in [3.05, 3.63) is 34.3 Å². The summed E-state index contributed by atoms with van der Waals surface area (Å²) in [6, 6.07) is 7.75. The normalized spacial score (nSPS) is 22.0. The van der Waals surface area contributed by atoms with Crippen molar-refractivity contribution in [2.75, 3.05) is 13.1 Å². The van der Waals surface area contributed by atoms with E-state index in [1.54, 1.807) is 4.90 Å². The lowest BCUT2D eigenvalue weighted by atomic mass is 10.2. The number of hydrogen-bond donors (Lipinski definition) is 1. The minimum atomic E-state index is -0.502. The molecule has 0 saturated carbocycles. The molecule has 0 radical (unpaired) electrons. The highest BCUT2D eigenvalue weighted by atomic mass is 79.9. The van der Waals surface area contributed by atoms with Gasteiger partial charge in [-0.3, -0.25) is 0 Å². The highest BCUT2D eigenvalue weighted by Gasteiger charge is 2.35. The number of nitrogens with two attached hydrogens (primary N) is 1. The van der Waals surface area contributed by atoms with Crippen molar-refractivity contribution in [2.45, 2.75) is 45.1 Å². The monoisotopic (exact) mass is 370 g/mol. The lowest BCUT2D eigenvalue weighted by molar-refractivity contribution is 0.0172. The first kappa shape index (κ1) is 17.2. The van der Waals surface area contributed by atoms with Crippen LogP contribution in [0.4, 0.5) is 4.79 Å². The maximum absolute atomic E-state index is 12.1. The van der Waals surface area contributed by atoms with Gasteiger partial charge in [0.05, 0.1) is 25.3 Å². The van der Waals surface area contributed by atoms with Crippen molar-refractivity contribution in [1.29, 1.82) is 0 Å². The molecule has 1 aromatic carbocycles. The molecule has 1 aromatic rings. The molecule has 5 nitrogen and oxygen atoms in total. The lowest BCUT2D eigenvalue weighted by Crippen LogP contribution is -2.36. The van der Waals surface area contributed by atoms with E-state index in [0.29, 0.717) is 19.7 Å². The maximum Gasteiger partial charge on any atom is 0.410 e. The lowest BCUT2D eigenvalue weighted by Gasteiger charge is -2.24. The molecule has 1 amide bonds. The molecule has 2 rings (SSSR count). The number of rotatable bonds is 3. The van der Waals surface area contributed by atoms with Crippen LogP contribution in [0.15, 0.2) is 28.7 Å². The Hall–Kier alpha value is -1.11. The maximum atomic E-state index is 12.1. The first-order valence-corrected chi connectivity index (χ1v) is 8.13. The van der Waals surface area contributed by atoms with Crippen LogP contribution in [-0.4, -0.2) is 41.8 Å². The van der Waals surface area contributed by atoms with Gasteiger partial charge in [-0.15, -0.1) is 0 Å². The van der Waals surface area contributed by atoms with Crippen LogP contribution in [0.25, 0.3) is 0 Å². The number of ether oxygens (including phenoxy) is 2. The zero-order valence-corrected chi connectivity index (χ0v) is 14.8. The summed E-state index contributed by atoms with van der Waals surface area (Å²) in [4.78, 5) is 13.7. The standard InChI is InChI=1S/C16H23BrN2O3/c1-16(2,3)22-15(20)19-8-13(18)14(9-19)21-10-11-4-6-12(17)7-5-11/h4-7,13-14H,8-10,18H2,1-3H3/t13-,14-/m0/s1. The second-order valence-electron chi connectivity index (χ2n) is 6.53. The third-order valence-corrected chi connectivity index (χ3v) is 3.87. The van der Waals surface area contributed by atoms with Crippen molar-refractivity contribution in [3.63, 3.8) is 0 Å². The van der Waals surface area contributed by atoms with Gasteiger partial charge in [0.25, 0.3) is 0 Å². The van der Waals surface area contributed by atoms with Gasteiger partial charge in [0.15, 0.2) is 0 Å². The second kappa shape index (κ2) is 6.98. The van der Waals surface area contributed by atoms with E-state index in [-0.39, 0.29) is 18.2 Å². The first-order valence-electron chi connectivity index (χ1n) is 7.34. The molecule has 1 aliphatic heterocycles. The number of likely N-dealkylation sites (tertiary alicyclic amines) is 1. The molecule has 1 saturated heterocycles. The van der Waals surface area contributed by atoms with Crippen LogP contribution in [0.2, 0.25) is 0 Å². The summed E-state index contributed by atoms with van der Waals surface area (Å²) < 4.78 is 12.3. The van der Waals surface area contributed by atoms with E-state index in [2.05, 4.69) is 15.9 Å². The Morgan fingerprint density at radius 3 is 2.55 bits per heavy atom. The van der Waals surface area contributed by atoms with Gasteiger partial charge < -0.3 is 20.1 Å². The van der Waals surface area contributed by atoms with Gasteiger partial charge in [0.1, 0.15) is 5.60 Å². The molecule has 122 valence electrons. The van der Waals surface area contributed by atoms with Crippen LogP contribution in [0.1, 0.15) is 26.3 Å². The minimum Gasteiger partial charge on any atom is -0.444 e. The molecule has 2 N–H and O–H groups in total. The van der Waals surface area contributed by atoms with Crippen molar-refractivity contribution >= 4 is 22.0 Å². The van der Waals surface area contributed by atoms with Crippen LogP contribution >= 0.6 is 15.9 Å². The van der Waals surface area contributed by atoms with Crippen LogP contribution in [0.5, 0.6) is 0 Å². The molecule has 6 heteroatoms. The van der Waals surface area contributed by atoms with Gasteiger partial charge >= 0.3 is 6.09 Å². The Bertz CT molecular complexity index is 513. The van der Waals surface area contributed by atoms with Gasteiger partial charge in [-0.05, 0) is 38.5 Å². The predicted molar refractivity (Wildman–Crippen MR) is 88.5 cm³/mol. The largest absolute Gasteiger partial charge is 0.444 e. The zero-order chi connectivity index (χ0) is 16.3. The highest BCUT2D eigenvalue weighted by molar-refractivity contribution is 9.10. The van der Waals surface area contributed by atoms with Crippen molar-refractivity contribution in [2.24, 2.45) is 5.73 Å². The van der Waals surface area contributed by atoms with Crippen LogP contribution < -0.4 is 5.73 Å². The molecule has 1 heterocycles. The Morgan fingerprint density at radius 2 is 1.95 bits per heavy atom. The molecular formula is C16H23BrN2O3. The first-order chi connectivity index (χ1) is 10.2. The topological polar surface area (TPSA) is 64.8 Å². The third-order valence-electron chi connectivity index (χ3n) is 3.34. The van der Waals surface area contributed by atoms with Gasteiger partial charge in [-0.1, -0.05) is 28.1 Å². The summed E-state index contributed by atoms with van der Waals surface area (Å²) in [5.41, 5.74) is 6.65. The zero-order valence-electron chi connectivity index (χ0n) is 13.2. The molecule has 1 fully saturated rings. The molecule has 22 heavy (non-hydrogen) atoms. The average Bonchev–Trinajstić information content (AvgIpc) is 2.78. The summed E-state index contributed by atoms with van der Waals surface area (Å²) in [7, 11) is 0. The third kappa shape index (κ3) is 4.97. The number of nitrogens with zero attached hydrogens (tertiary/aromatic N) is 1. The average molecular weight is 371 g/mol. The second-order valence-corrected chi connectivity index (χ2v) is 7.44. The molecule has 2 atom stereocenters. The fourth-order valence-electron chi connectivity index (χ4n) is 2.23. The van der Waals surface area contributed by atoms with E-state index in [1.165, 1.54) is 0 Å². The van der Waals surface area contributed by atoms with Crippen molar-refractivity contribution in [1.82, 2.24) is 4.90 Å². The molecule has 0 spiro atoms. The summed E-state index contributed by atoms with van der Waals surface area (Å²) in [6.07, 6.45) is -0.506. The Kier molecular flexibility index (Phi) is 5.47. The van der Waals surface area contributed by atoms with Gasteiger partial charge in [-0.2, -0.15) is 0 Å². The summed E-state index contributed by atoms with van der Waals surface area (Å²) in [6.45, 7) is 6.95. The van der Waals surface area contributed by atoms with E-state index in [1.807, 2.05) is 45.0 Å². The molecule has 1 aliphatic rings. The van der Waals surface area contributed by atoms with Crippen LogP contribution in [0, 0.1) is 0 Å². The van der Waals surface area contributed by atoms with E-state index in [0.717, 1.165) is 10.0 Å². The van der Waals surface area contributed by atoms with Crippen molar-refractivity contribution < 1.29 is 14.3 Å². The molecule has 0 aromatic heterocycles. The Balaban J connectivity index is 1.85. The number of halogens is 1.